The largest absolute Gasteiger partial charge is 0.309 e. The highest BCUT2D eigenvalue weighted by Crippen LogP contribution is 2.43. The Kier molecular flexibility index (Phi) is 6.41. The number of benzene rings is 9. The van der Waals surface area contributed by atoms with Crippen LogP contribution in [0.3, 0.4) is 0 Å². The second-order valence-corrected chi connectivity index (χ2v) is 15.3. The molecule has 0 saturated heterocycles. The van der Waals surface area contributed by atoms with Crippen LogP contribution in [0.4, 0.5) is 0 Å². The van der Waals surface area contributed by atoms with Crippen LogP contribution in [0, 0.1) is 0 Å². The Hall–Kier alpha value is -7.82. The van der Waals surface area contributed by atoms with Gasteiger partial charge in [-0.15, -0.1) is 0 Å². The molecule has 13 rings (SSSR count). The minimum Gasteiger partial charge on any atom is -0.309 e. The summed E-state index contributed by atoms with van der Waals surface area (Å²) in [5.74, 6) is 0. The second-order valence-electron chi connectivity index (χ2n) is 15.3. The van der Waals surface area contributed by atoms with E-state index in [1.165, 1.54) is 87.2 Å². The second kappa shape index (κ2) is 11.8. The average Bonchev–Trinajstić information content (AvgIpc) is 4.01. The van der Waals surface area contributed by atoms with Gasteiger partial charge in [-0.25, -0.2) is 0 Å². The van der Waals surface area contributed by atoms with E-state index in [1.54, 1.807) is 0 Å². The van der Waals surface area contributed by atoms with E-state index in [1.807, 2.05) is 0 Å². The van der Waals surface area contributed by atoms with E-state index >= 15 is 0 Å². The predicted octanol–water partition coefficient (Wildman–Crippen LogP) is 14.1. The van der Waals surface area contributed by atoms with Gasteiger partial charge >= 0.3 is 0 Å². The average molecular weight is 739 g/mol. The first-order valence-corrected chi connectivity index (χ1v) is 20.0. The molecular weight excluding hydrogens is 705 g/mol. The Balaban J connectivity index is 1.08. The lowest BCUT2D eigenvalue weighted by molar-refractivity contribution is 1.13. The SMILES string of the molecule is c1ccc(-n2c3ccccc3c3cc4c5ccccc5n(-c5ccc(-n6c7ccccc7c7ccc8c9ccccc9n(-c9ccccc9)c8c76)cc5)c4cc32)cc1. The molecule has 58 heavy (non-hydrogen) atoms. The van der Waals surface area contributed by atoms with E-state index in [0.29, 0.717) is 0 Å². The molecule has 13 aromatic rings. The minimum absolute atomic E-state index is 1.12. The summed E-state index contributed by atoms with van der Waals surface area (Å²) in [4.78, 5) is 0. The molecule has 0 amide bonds. The number of hydrogen-bond donors (Lipinski definition) is 0. The van der Waals surface area contributed by atoms with Crippen molar-refractivity contribution in [2.75, 3.05) is 0 Å². The molecule has 0 saturated carbocycles. The van der Waals surface area contributed by atoms with Gasteiger partial charge in [-0.2, -0.15) is 0 Å². The van der Waals surface area contributed by atoms with Crippen LogP contribution in [-0.2, 0) is 0 Å². The van der Waals surface area contributed by atoms with Gasteiger partial charge in [0, 0.05) is 65.8 Å². The Bertz CT molecular complexity index is 3770. The molecule has 0 aliphatic carbocycles. The van der Waals surface area contributed by atoms with Crippen LogP contribution in [0.25, 0.3) is 110 Å². The summed E-state index contributed by atoms with van der Waals surface area (Å²) in [6.45, 7) is 0. The third kappa shape index (κ3) is 4.23. The lowest BCUT2D eigenvalue weighted by atomic mass is 10.1. The van der Waals surface area contributed by atoms with E-state index in [4.69, 9.17) is 0 Å². The van der Waals surface area contributed by atoms with Crippen molar-refractivity contribution in [1.82, 2.24) is 18.3 Å². The van der Waals surface area contributed by atoms with Gasteiger partial charge in [0.15, 0.2) is 0 Å². The summed E-state index contributed by atoms with van der Waals surface area (Å²) >= 11 is 0. The van der Waals surface area contributed by atoms with Gasteiger partial charge in [-0.05, 0) is 84.9 Å². The number of rotatable bonds is 4. The molecule has 9 aromatic carbocycles. The van der Waals surface area contributed by atoms with Crippen molar-refractivity contribution in [1.29, 1.82) is 0 Å². The first-order chi connectivity index (χ1) is 28.8. The molecule has 0 radical (unpaired) electrons. The number of nitrogens with zero attached hydrogens (tertiary/aromatic N) is 4. The molecule has 0 spiro atoms. The van der Waals surface area contributed by atoms with E-state index in [2.05, 4.69) is 225 Å². The zero-order chi connectivity index (χ0) is 37.9. The number of fused-ring (bicyclic) bond motifs is 13. The molecule has 4 heteroatoms. The standard InChI is InChI=1S/C54H34N4/c1-3-15-35(16-4-1)55-47-23-11-9-21-41(47)45-33-46-42-22-10-12-24-48(42)56(52(46)34-51(45)55)37-27-29-38(30-28-37)58-50-26-14-8-20-40(50)44-32-31-43-39-19-7-13-25-49(39)57(53(43)54(44)58)36-17-5-2-6-18-36/h1-34H. The summed E-state index contributed by atoms with van der Waals surface area (Å²) < 4.78 is 9.78. The zero-order valence-electron chi connectivity index (χ0n) is 31.4. The molecule has 0 atom stereocenters. The van der Waals surface area contributed by atoms with Crippen LogP contribution in [0.1, 0.15) is 0 Å². The van der Waals surface area contributed by atoms with Crippen LogP contribution in [0.15, 0.2) is 206 Å². The molecule has 0 bridgehead atoms. The molecule has 0 aliphatic rings. The van der Waals surface area contributed by atoms with Crippen LogP contribution < -0.4 is 0 Å². The summed E-state index contributed by atoms with van der Waals surface area (Å²) in [5, 5.41) is 10.0. The first kappa shape index (κ1) is 31.4. The van der Waals surface area contributed by atoms with Crippen molar-refractivity contribution >= 4 is 87.2 Å². The van der Waals surface area contributed by atoms with E-state index in [0.717, 1.165) is 22.7 Å². The van der Waals surface area contributed by atoms with Crippen LogP contribution in [0.5, 0.6) is 0 Å². The molecule has 4 aromatic heterocycles. The normalized spacial score (nSPS) is 12.1. The molecular formula is C54H34N4. The molecule has 0 aliphatic heterocycles. The van der Waals surface area contributed by atoms with Crippen molar-refractivity contribution < 1.29 is 0 Å². The summed E-state index contributed by atoms with van der Waals surface area (Å²) in [5.41, 5.74) is 14.2. The summed E-state index contributed by atoms with van der Waals surface area (Å²) in [7, 11) is 0. The molecule has 0 unspecified atom stereocenters. The van der Waals surface area contributed by atoms with E-state index in [-0.39, 0.29) is 0 Å². The topological polar surface area (TPSA) is 19.7 Å². The van der Waals surface area contributed by atoms with Crippen molar-refractivity contribution in [3.8, 4) is 22.7 Å². The third-order valence-corrected chi connectivity index (χ3v) is 12.3. The smallest absolute Gasteiger partial charge is 0.0788 e. The van der Waals surface area contributed by atoms with Gasteiger partial charge in [-0.1, -0.05) is 121 Å². The predicted molar refractivity (Wildman–Crippen MR) is 244 cm³/mol. The van der Waals surface area contributed by atoms with E-state index in [9.17, 15) is 0 Å². The highest BCUT2D eigenvalue weighted by atomic mass is 15.1. The zero-order valence-corrected chi connectivity index (χ0v) is 31.4. The fourth-order valence-electron chi connectivity index (χ4n) is 9.93. The quantitative estimate of drug-likeness (QED) is 0.171. The van der Waals surface area contributed by atoms with Gasteiger partial charge in [0.2, 0.25) is 0 Å². The van der Waals surface area contributed by atoms with Gasteiger partial charge in [-0.3, -0.25) is 0 Å². The number of hydrogen-bond acceptors (Lipinski definition) is 0. The van der Waals surface area contributed by atoms with Gasteiger partial charge in [0.05, 0.1) is 44.1 Å². The summed E-state index contributed by atoms with van der Waals surface area (Å²) in [6, 6.07) is 75.4. The maximum Gasteiger partial charge on any atom is 0.0788 e. The van der Waals surface area contributed by atoms with E-state index < -0.39 is 0 Å². The maximum absolute atomic E-state index is 2.48. The lowest BCUT2D eigenvalue weighted by Crippen LogP contribution is -2.00. The lowest BCUT2D eigenvalue weighted by Gasteiger charge is -2.14. The fourth-order valence-corrected chi connectivity index (χ4v) is 9.93. The first-order valence-electron chi connectivity index (χ1n) is 20.0. The summed E-state index contributed by atoms with van der Waals surface area (Å²) in [6.07, 6.45) is 0. The van der Waals surface area contributed by atoms with Crippen molar-refractivity contribution in [2.45, 2.75) is 0 Å². The number of para-hydroxylation sites is 6. The third-order valence-electron chi connectivity index (χ3n) is 12.3. The Morgan fingerprint density at radius 2 is 0.500 bits per heavy atom. The van der Waals surface area contributed by atoms with Crippen LogP contribution in [-0.4, -0.2) is 18.3 Å². The molecule has 0 fully saturated rings. The fraction of sp³-hybridized carbons (Fsp3) is 0. The highest BCUT2D eigenvalue weighted by molar-refractivity contribution is 6.24. The van der Waals surface area contributed by atoms with Gasteiger partial charge in [0.25, 0.3) is 0 Å². The number of aromatic nitrogens is 4. The Morgan fingerprint density at radius 3 is 0.931 bits per heavy atom. The molecule has 4 heterocycles. The maximum atomic E-state index is 2.48. The molecule has 4 nitrogen and oxygen atoms in total. The Morgan fingerprint density at radius 1 is 0.190 bits per heavy atom. The van der Waals surface area contributed by atoms with Gasteiger partial charge in [0.1, 0.15) is 0 Å². The minimum atomic E-state index is 1.12. The van der Waals surface area contributed by atoms with Crippen molar-refractivity contribution in [3.63, 3.8) is 0 Å². The Labute approximate surface area is 333 Å². The molecule has 270 valence electrons. The van der Waals surface area contributed by atoms with Crippen molar-refractivity contribution in [2.24, 2.45) is 0 Å². The van der Waals surface area contributed by atoms with Gasteiger partial charge < -0.3 is 18.3 Å². The van der Waals surface area contributed by atoms with Crippen LogP contribution >= 0.6 is 0 Å². The monoisotopic (exact) mass is 738 g/mol. The van der Waals surface area contributed by atoms with Crippen LogP contribution in [0.2, 0.25) is 0 Å². The highest BCUT2D eigenvalue weighted by Gasteiger charge is 2.22. The molecule has 0 N–H and O–H groups in total. The van der Waals surface area contributed by atoms with Crippen molar-refractivity contribution in [3.05, 3.63) is 206 Å².